The fourth-order valence-corrected chi connectivity index (χ4v) is 2.49. The minimum atomic E-state index is -3.17. The highest BCUT2D eigenvalue weighted by Crippen LogP contribution is 2.29. The Morgan fingerprint density at radius 2 is 2.15 bits per heavy atom. The van der Waals surface area contributed by atoms with E-state index >= 15 is 0 Å². The van der Waals surface area contributed by atoms with E-state index in [0.29, 0.717) is 17.7 Å². The van der Waals surface area contributed by atoms with Gasteiger partial charge < -0.3 is 5.11 Å². The van der Waals surface area contributed by atoms with Crippen LogP contribution in [0.1, 0.15) is 5.56 Å². The smallest absolute Gasteiger partial charge is 0.233 e. The summed E-state index contributed by atoms with van der Waals surface area (Å²) < 4.78 is 24.7. The largest absolute Gasteiger partial charge is 0.508 e. The number of rotatable bonds is 0. The van der Waals surface area contributed by atoms with Crippen molar-refractivity contribution in [2.24, 2.45) is 0 Å². The number of hydrogen-bond donors (Lipinski definition) is 2. The van der Waals surface area contributed by atoms with Crippen LogP contribution >= 0.6 is 0 Å². The van der Waals surface area contributed by atoms with Crippen LogP contribution in [0.2, 0.25) is 0 Å². The van der Waals surface area contributed by atoms with Gasteiger partial charge in [-0.2, -0.15) is 0 Å². The molecule has 0 atom stereocenters. The lowest BCUT2D eigenvalue weighted by Crippen LogP contribution is -2.23. The molecule has 0 aliphatic carbocycles. The Labute approximate surface area is 76.3 Å². The molecular formula is C8H9NO3S. The lowest BCUT2D eigenvalue weighted by Gasteiger charge is -2.18. The normalized spacial score (nSPS) is 18.8. The van der Waals surface area contributed by atoms with Crippen molar-refractivity contribution < 1.29 is 13.5 Å². The number of benzene rings is 1. The number of fused-ring (bicyclic) bond motifs is 1. The summed E-state index contributed by atoms with van der Waals surface area (Å²) in [7, 11) is -3.17. The first-order valence-corrected chi connectivity index (χ1v) is 5.55. The number of sulfonamides is 1. The van der Waals surface area contributed by atoms with Gasteiger partial charge in [-0.15, -0.1) is 0 Å². The molecule has 1 aliphatic rings. The van der Waals surface area contributed by atoms with Crippen molar-refractivity contribution in [2.45, 2.75) is 6.42 Å². The first-order chi connectivity index (χ1) is 6.08. The zero-order valence-corrected chi connectivity index (χ0v) is 7.63. The molecule has 0 fully saturated rings. The summed E-state index contributed by atoms with van der Waals surface area (Å²) >= 11 is 0. The van der Waals surface area contributed by atoms with Crippen molar-refractivity contribution in [3.8, 4) is 5.75 Å². The van der Waals surface area contributed by atoms with Gasteiger partial charge in [0.25, 0.3) is 0 Å². The Morgan fingerprint density at radius 3 is 2.92 bits per heavy atom. The highest BCUT2D eigenvalue weighted by molar-refractivity contribution is 7.92. The van der Waals surface area contributed by atoms with E-state index in [1.807, 2.05) is 0 Å². The molecule has 4 nitrogen and oxygen atoms in total. The Morgan fingerprint density at radius 1 is 1.38 bits per heavy atom. The highest BCUT2D eigenvalue weighted by Gasteiger charge is 2.21. The molecule has 1 aromatic carbocycles. The number of phenolic OH excluding ortho intramolecular Hbond substituents is 1. The van der Waals surface area contributed by atoms with Crippen molar-refractivity contribution in [2.75, 3.05) is 10.5 Å². The molecule has 1 aromatic rings. The second-order valence-electron chi connectivity index (χ2n) is 2.97. The van der Waals surface area contributed by atoms with Crippen molar-refractivity contribution in [1.29, 1.82) is 0 Å². The minimum absolute atomic E-state index is 0.0393. The maximum atomic E-state index is 11.1. The molecule has 5 heteroatoms. The van der Waals surface area contributed by atoms with Gasteiger partial charge in [-0.3, -0.25) is 4.72 Å². The van der Waals surface area contributed by atoms with Gasteiger partial charge in [-0.1, -0.05) is 6.07 Å². The van der Waals surface area contributed by atoms with Crippen LogP contribution in [0.3, 0.4) is 0 Å². The van der Waals surface area contributed by atoms with E-state index in [-0.39, 0.29) is 11.5 Å². The predicted octanol–water partition coefficient (Wildman–Crippen LogP) is 0.690. The first kappa shape index (κ1) is 8.37. The molecule has 0 radical (unpaired) electrons. The SMILES string of the molecule is O=S1(=O)CCc2c(O)cccc2N1. The Hall–Kier alpha value is -1.23. The van der Waals surface area contributed by atoms with Crippen LogP contribution in [0.5, 0.6) is 5.75 Å². The molecular weight excluding hydrogens is 190 g/mol. The summed E-state index contributed by atoms with van der Waals surface area (Å²) in [5.41, 5.74) is 1.17. The predicted molar refractivity (Wildman–Crippen MR) is 49.2 cm³/mol. The van der Waals surface area contributed by atoms with E-state index in [2.05, 4.69) is 4.72 Å². The molecule has 1 aliphatic heterocycles. The molecule has 0 saturated carbocycles. The summed E-state index contributed by atoms with van der Waals surface area (Å²) in [6.45, 7) is 0. The fraction of sp³-hybridized carbons (Fsp3) is 0.250. The fourth-order valence-electron chi connectivity index (χ4n) is 1.39. The van der Waals surface area contributed by atoms with Gasteiger partial charge in [0.2, 0.25) is 10.0 Å². The van der Waals surface area contributed by atoms with Crippen LogP contribution in [0.4, 0.5) is 5.69 Å². The van der Waals surface area contributed by atoms with Gasteiger partial charge >= 0.3 is 0 Å². The quantitative estimate of drug-likeness (QED) is 0.646. The topological polar surface area (TPSA) is 66.4 Å². The molecule has 0 spiro atoms. The van der Waals surface area contributed by atoms with Crippen LogP contribution in [0.25, 0.3) is 0 Å². The summed E-state index contributed by atoms with van der Waals surface area (Å²) in [6, 6.07) is 4.81. The third-order valence-electron chi connectivity index (χ3n) is 2.04. The zero-order valence-electron chi connectivity index (χ0n) is 6.82. The number of hydrogen-bond acceptors (Lipinski definition) is 3. The molecule has 0 saturated heterocycles. The lowest BCUT2D eigenvalue weighted by molar-refractivity contribution is 0.469. The molecule has 0 aromatic heterocycles. The maximum absolute atomic E-state index is 11.1. The van der Waals surface area contributed by atoms with Crippen LogP contribution < -0.4 is 4.72 Å². The van der Waals surface area contributed by atoms with E-state index in [1.54, 1.807) is 18.2 Å². The molecule has 0 amide bonds. The number of nitrogens with one attached hydrogen (secondary N) is 1. The van der Waals surface area contributed by atoms with E-state index in [9.17, 15) is 13.5 Å². The Balaban J connectivity index is 2.54. The molecule has 70 valence electrons. The third-order valence-corrected chi connectivity index (χ3v) is 3.31. The van der Waals surface area contributed by atoms with Crippen molar-refractivity contribution in [3.63, 3.8) is 0 Å². The third kappa shape index (κ3) is 1.47. The van der Waals surface area contributed by atoms with Gasteiger partial charge in [0.15, 0.2) is 0 Å². The second kappa shape index (κ2) is 2.63. The second-order valence-corrected chi connectivity index (χ2v) is 4.82. The van der Waals surface area contributed by atoms with Crippen molar-refractivity contribution >= 4 is 15.7 Å². The number of anilines is 1. The number of aromatic hydroxyl groups is 1. The van der Waals surface area contributed by atoms with Crippen LogP contribution in [0, 0.1) is 0 Å². The molecule has 2 rings (SSSR count). The molecule has 1 heterocycles. The highest BCUT2D eigenvalue weighted by atomic mass is 32.2. The van der Waals surface area contributed by atoms with Crippen LogP contribution in [0.15, 0.2) is 18.2 Å². The molecule has 0 bridgehead atoms. The summed E-state index contributed by atoms with van der Waals surface area (Å²) in [6.07, 6.45) is 0.372. The van der Waals surface area contributed by atoms with Crippen LogP contribution in [-0.4, -0.2) is 19.3 Å². The van der Waals surface area contributed by atoms with Crippen LogP contribution in [-0.2, 0) is 16.4 Å². The van der Waals surface area contributed by atoms with Gasteiger partial charge in [0, 0.05) is 5.56 Å². The summed E-state index contributed by atoms with van der Waals surface area (Å²) in [5, 5.41) is 9.39. The standard InChI is InChI=1S/C8H9NO3S/c10-8-3-1-2-7-6(8)4-5-13(11,12)9-7/h1-3,9-10H,4-5H2. The van der Waals surface area contributed by atoms with Gasteiger partial charge in [-0.25, -0.2) is 8.42 Å². The summed E-state index contributed by atoms with van der Waals surface area (Å²) in [4.78, 5) is 0. The van der Waals surface area contributed by atoms with Gasteiger partial charge in [0.05, 0.1) is 11.4 Å². The first-order valence-electron chi connectivity index (χ1n) is 3.90. The molecule has 2 N–H and O–H groups in total. The zero-order chi connectivity index (χ0) is 9.47. The van der Waals surface area contributed by atoms with Gasteiger partial charge in [0.1, 0.15) is 5.75 Å². The molecule has 13 heavy (non-hydrogen) atoms. The monoisotopic (exact) mass is 199 g/mol. The lowest BCUT2D eigenvalue weighted by atomic mass is 10.1. The Bertz CT molecular complexity index is 439. The van der Waals surface area contributed by atoms with E-state index < -0.39 is 10.0 Å². The van der Waals surface area contributed by atoms with E-state index in [0.717, 1.165) is 0 Å². The average Bonchev–Trinajstić information content (AvgIpc) is 2.02. The van der Waals surface area contributed by atoms with Crippen molar-refractivity contribution in [3.05, 3.63) is 23.8 Å². The van der Waals surface area contributed by atoms with Crippen molar-refractivity contribution in [1.82, 2.24) is 0 Å². The average molecular weight is 199 g/mol. The Kier molecular flexibility index (Phi) is 1.69. The van der Waals surface area contributed by atoms with Gasteiger partial charge in [-0.05, 0) is 18.6 Å². The van der Waals surface area contributed by atoms with E-state index in [1.165, 1.54) is 0 Å². The maximum Gasteiger partial charge on any atom is 0.233 e. The minimum Gasteiger partial charge on any atom is -0.508 e. The number of phenols is 1. The summed E-state index contributed by atoms with van der Waals surface area (Å²) in [5.74, 6) is 0.192. The van der Waals surface area contributed by atoms with E-state index in [4.69, 9.17) is 0 Å². The molecule has 0 unspecified atom stereocenters.